The van der Waals surface area contributed by atoms with Crippen molar-refractivity contribution in [3.05, 3.63) is 0 Å². The van der Waals surface area contributed by atoms with Gasteiger partial charge in [0.2, 0.25) is 0 Å². The Kier molecular flexibility index (Phi) is 2.80. The summed E-state index contributed by atoms with van der Waals surface area (Å²) in [6, 6.07) is 0. The lowest BCUT2D eigenvalue weighted by molar-refractivity contribution is -0.192. The highest BCUT2D eigenvalue weighted by molar-refractivity contribution is 4.84. The molecule has 2 unspecified atom stereocenters. The lowest BCUT2D eigenvalue weighted by Crippen LogP contribution is -2.56. The SMILES string of the molecule is CO[C@@H]1CO[C@@H](N)C(O)C1O. The smallest absolute Gasteiger partial charge is 0.134 e. The summed E-state index contributed by atoms with van der Waals surface area (Å²) in [4.78, 5) is 0. The first-order chi connectivity index (χ1) is 5.16. The van der Waals surface area contributed by atoms with Gasteiger partial charge in [-0.1, -0.05) is 0 Å². The van der Waals surface area contributed by atoms with E-state index in [0.717, 1.165) is 0 Å². The van der Waals surface area contributed by atoms with Crippen LogP contribution in [0.15, 0.2) is 0 Å². The van der Waals surface area contributed by atoms with E-state index < -0.39 is 24.5 Å². The molecule has 0 bridgehead atoms. The number of aliphatic hydroxyl groups excluding tert-OH is 2. The van der Waals surface area contributed by atoms with E-state index >= 15 is 0 Å². The Hall–Kier alpha value is -0.200. The third kappa shape index (κ3) is 1.69. The Morgan fingerprint density at radius 3 is 2.64 bits per heavy atom. The molecule has 0 aliphatic carbocycles. The van der Waals surface area contributed by atoms with Crippen LogP contribution in [-0.2, 0) is 9.47 Å². The molecule has 1 rings (SSSR count). The second kappa shape index (κ2) is 3.46. The summed E-state index contributed by atoms with van der Waals surface area (Å²) in [5, 5.41) is 18.4. The van der Waals surface area contributed by atoms with Gasteiger partial charge in [0, 0.05) is 7.11 Å². The standard InChI is InChI=1S/C6H13NO4/c1-10-3-2-11-6(7)5(9)4(3)8/h3-6,8-9H,2,7H2,1H3/t3-,4?,5?,6-/m1/s1. The molecule has 1 fully saturated rings. The van der Waals surface area contributed by atoms with Crippen molar-refractivity contribution in [1.82, 2.24) is 0 Å². The van der Waals surface area contributed by atoms with Crippen LogP contribution in [0.3, 0.4) is 0 Å². The van der Waals surface area contributed by atoms with E-state index in [9.17, 15) is 5.11 Å². The molecule has 11 heavy (non-hydrogen) atoms. The second-order valence-electron chi connectivity index (χ2n) is 2.55. The van der Waals surface area contributed by atoms with E-state index in [1.807, 2.05) is 0 Å². The molecule has 4 atom stereocenters. The number of ether oxygens (including phenoxy) is 2. The third-order valence-electron chi connectivity index (χ3n) is 1.82. The number of methoxy groups -OCH3 is 1. The molecule has 66 valence electrons. The van der Waals surface area contributed by atoms with Crippen LogP contribution in [0, 0.1) is 0 Å². The van der Waals surface area contributed by atoms with Crippen LogP contribution in [0.1, 0.15) is 0 Å². The van der Waals surface area contributed by atoms with Crippen LogP contribution >= 0.6 is 0 Å². The average molecular weight is 163 g/mol. The monoisotopic (exact) mass is 163 g/mol. The molecular weight excluding hydrogens is 150 g/mol. The molecule has 0 radical (unpaired) electrons. The molecule has 1 aliphatic heterocycles. The van der Waals surface area contributed by atoms with Gasteiger partial charge in [-0.25, -0.2) is 0 Å². The predicted molar refractivity (Wildman–Crippen MR) is 36.7 cm³/mol. The van der Waals surface area contributed by atoms with Crippen LogP contribution in [0.2, 0.25) is 0 Å². The molecule has 5 nitrogen and oxygen atoms in total. The van der Waals surface area contributed by atoms with Crippen LogP contribution < -0.4 is 5.73 Å². The summed E-state index contributed by atoms with van der Waals surface area (Å²) in [5.41, 5.74) is 5.30. The molecule has 0 amide bonds. The van der Waals surface area contributed by atoms with Crippen LogP contribution in [-0.4, -0.2) is 48.5 Å². The van der Waals surface area contributed by atoms with Crippen LogP contribution in [0.25, 0.3) is 0 Å². The highest BCUT2D eigenvalue weighted by Gasteiger charge is 2.36. The molecule has 1 aliphatic rings. The minimum atomic E-state index is -1.06. The normalized spacial score (nSPS) is 45.8. The van der Waals surface area contributed by atoms with E-state index in [1.165, 1.54) is 7.11 Å². The summed E-state index contributed by atoms with van der Waals surface area (Å²) < 4.78 is 9.74. The highest BCUT2D eigenvalue weighted by Crippen LogP contribution is 2.13. The first kappa shape index (κ1) is 8.89. The Labute approximate surface area is 64.7 Å². The van der Waals surface area contributed by atoms with Crippen LogP contribution in [0.4, 0.5) is 0 Å². The summed E-state index contributed by atoms with van der Waals surface area (Å²) in [5.74, 6) is 0. The van der Waals surface area contributed by atoms with Gasteiger partial charge in [0.05, 0.1) is 6.61 Å². The zero-order valence-electron chi connectivity index (χ0n) is 6.30. The molecular formula is C6H13NO4. The molecule has 0 aromatic carbocycles. The number of nitrogens with two attached hydrogens (primary N) is 1. The topological polar surface area (TPSA) is 84.9 Å². The van der Waals surface area contributed by atoms with Gasteiger partial charge < -0.3 is 25.4 Å². The van der Waals surface area contributed by atoms with Gasteiger partial charge in [0.1, 0.15) is 24.5 Å². The van der Waals surface area contributed by atoms with E-state index in [-0.39, 0.29) is 6.61 Å². The molecule has 1 saturated heterocycles. The Balaban J connectivity index is 2.52. The molecule has 4 N–H and O–H groups in total. The minimum Gasteiger partial charge on any atom is -0.387 e. The van der Waals surface area contributed by atoms with Gasteiger partial charge in [-0.05, 0) is 0 Å². The molecule has 1 heterocycles. The fourth-order valence-electron chi connectivity index (χ4n) is 1.02. The van der Waals surface area contributed by atoms with Gasteiger partial charge in [0.15, 0.2) is 0 Å². The zero-order valence-corrected chi connectivity index (χ0v) is 6.30. The van der Waals surface area contributed by atoms with Crippen molar-refractivity contribution in [2.24, 2.45) is 5.73 Å². The van der Waals surface area contributed by atoms with Crippen molar-refractivity contribution in [3.8, 4) is 0 Å². The van der Waals surface area contributed by atoms with Crippen molar-refractivity contribution in [2.45, 2.75) is 24.5 Å². The summed E-state index contributed by atoms with van der Waals surface area (Å²) in [6.45, 7) is 0.218. The minimum absolute atomic E-state index is 0.218. The highest BCUT2D eigenvalue weighted by atomic mass is 16.6. The van der Waals surface area contributed by atoms with Gasteiger partial charge >= 0.3 is 0 Å². The average Bonchev–Trinajstić information content (AvgIpc) is 2.01. The Morgan fingerprint density at radius 2 is 2.09 bits per heavy atom. The number of rotatable bonds is 1. The Morgan fingerprint density at radius 1 is 1.45 bits per heavy atom. The van der Waals surface area contributed by atoms with Crippen LogP contribution in [0.5, 0.6) is 0 Å². The number of hydrogen-bond donors (Lipinski definition) is 3. The fraction of sp³-hybridized carbons (Fsp3) is 1.00. The lowest BCUT2D eigenvalue weighted by atomic mass is 10.0. The lowest BCUT2D eigenvalue weighted by Gasteiger charge is -2.34. The van der Waals surface area contributed by atoms with Gasteiger partial charge in [-0.3, -0.25) is 0 Å². The van der Waals surface area contributed by atoms with Crippen molar-refractivity contribution >= 4 is 0 Å². The molecule has 0 aromatic rings. The maximum absolute atomic E-state index is 9.27. The van der Waals surface area contributed by atoms with Crippen molar-refractivity contribution in [2.75, 3.05) is 13.7 Å². The first-order valence-electron chi connectivity index (χ1n) is 3.43. The van der Waals surface area contributed by atoms with E-state index in [0.29, 0.717) is 0 Å². The predicted octanol–water partition coefficient (Wildman–Crippen LogP) is -1.96. The first-order valence-corrected chi connectivity index (χ1v) is 3.43. The van der Waals surface area contributed by atoms with Gasteiger partial charge in [-0.2, -0.15) is 0 Å². The van der Waals surface area contributed by atoms with E-state index in [2.05, 4.69) is 0 Å². The molecule has 5 heteroatoms. The van der Waals surface area contributed by atoms with Gasteiger partial charge in [0.25, 0.3) is 0 Å². The van der Waals surface area contributed by atoms with E-state index in [1.54, 1.807) is 0 Å². The summed E-state index contributed by atoms with van der Waals surface area (Å²) >= 11 is 0. The number of hydrogen-bond acceptors (Lipinski definition) is 5. The summed E-state index contributed by atoms with van der Waals surface area (Å²) in [7, 11) is 1.45. The third-order valence-corrected chi connectivity index (χ3v) is 1.82. The molecule has 0 aromatic heterocycles. The van der Waals surface area contributed by atoms with Crippen molar-refractivity contribution in [3.63, 3.8) is 0 Å². The fourth-order valence-corrected chi connectivity index (χ4v) is 1.02. The second-order valence-corrected chi connectivity index (χ2v) is 2.55. The number of aliphatic hydroxyl groups is 2. The quantitative estimate of drug-likeness (QED) is 0.418. The van der Waals surface area contributed by atoms with Crippen molar-refractivity contribution < 1.29 is 19.7 Å². The molecule has 0 saturated carbocycles. The Bertz CT molecular complexity index is 130. The van der Waals surface area contributed by atoms with Crippen molar-refractivity contribution in [1.29, 1.82) is 0 Å². The zero-order chi connectivity index (χ0) is 8.43. The summed E-state index contributed by atoms with van der Waals surface area (Å²) in [6.07, 6.45) is -3.31. The maximum Gasteiger partial charge on any atom is 0.134 e. The largest absolute Gasteiger partial charge is 0.387 e. The van der Waals surface area contributed by atoms with E-state index in [4.69, 9.17) is 20.3 Å². The van der Waals surface area contributed by atoms with Gasteiger partial charge in [-0.15, -0.1) is 0 Å². The maximum atomic E-state index is 9.27. The molecule has 0 spiro atoms.